The summed E-state index contributed by atoms with van der Waals surface area (Å²) in [6, 6.07) is 19.6. The van der Waals surface area contributed by atoms with Gasteiger partial charge in [0.1, 0.15) is 17.5 Å². The smallest absolute Gasteiger partial charge is 0.308 e. The fourth-order valence-corrected chi connectivity index (χ4v) is 8.24. The second-order valence-electron chi connectivity index (χ2n) is 10.1. The van der Waals surface area contributed by atoms with Crippen LogP contribution in [0.5, 0.6) is 5.75 Å². The van der Waals surface area contributed by atoms with E-state index in [0.29, 0.717) is 26.9 Å². The van der Waals surface area contributed by atoms with Gasteiger partial charge in [0.05, 0.1) is 28.7 Å². The van der Waals surface area contributed by atoms with Gasteiger partial charge in [0.15, 0.2) is 0 Å². The molecule has 1 saturated heterocycles. The maximum absolute atomic E-state index is 14.0. The normalized spacial score (nSPS) is 19.1. The standard InChI is InChI=1S/C30H24N4O7S2/c1-16-7-9-17(10-8-16)31-22(35)15-32-29-26(43-30(32)38)23(20-5-3-4-6-21(20)41-2)24-25(42-29)28(37)33(27(24)36)18-11-13-19(14-12-18)34(39)40/h3-14,23-25H,15H2,1-2H3,(H,31,35)/t23-,24?,25?/m1/s1. The first kappa shape index (κ1) is 28.4. The molecule has 218 valence electrons. The number of para-hydroxylation sites is 1. The number of imide groups is 1. The summed E-state index contributed by atoms with van der Waals surface area (Å²) in [4.78, 5) is 66.1. The van der Waals surface area contributed by atoms with Gasteiger partial charge in [0, 0.05) is 34.2 Å². The van der Waals surface area contributed by atoms with Crippen LogP contribution in [0.3, 0.4) is 0 Å². The van der Waals surface area contributed by atoms with E-state index in [1.54, 1.807) is 36.4 Å². The van der Waals surface area contributed by atoms with Gasteiger partial charge < -0.3 is 10.1 Å². The van der Waals surface area contributed by atoms with Crippen LogP contribution < -0.4 is 19.8 Å². The number of carbonyl (C=O) groups excluding carboxylic acids is 3. The first-order chi connectivity index (χ1) is 20.7. The van der Waals surface area contributed by atoms with E-state index in [2.05, 4.69) is 5.32 Å². The number of anilines is 2. The molecule has 0 bridgehead atoms. The van der Waals surface area contributed by atoms with Crippen molar-refractivity contribution in [3.8, 4) is 5.75 Å². The van der Waals surface area contributed by atoms with E-state index < -0.39 is 39.7 Å². The number of nitro groups is 1. The zero-order chi connectivity index (χ0) is 30.4. The van der Waals surface area contributed by atoms with Gasteiger partial charge in [0.2, 0.25) is 17.7 Å². The molecule has 0 aliphatic carbocycles. The molecule has 11 nitrogen and oxygen atoms in total. The van der Waals surface area contributed by atoms with E-state index in [1.165, 1.54) is 35.9 Å². The number of nitrogens with zero attached hydrogens (tertiary/aromatic N) is 3. The number of methoxy groups -OCH3 is 1. The van der Waals surface area contributed by atoms with Gasteiger partial charge in [-0.3, -0.25) is 33.9 Å². The highest BCUT2D eigenvalue weighted by molar-refractivity contribution is 8.00. The van der Waals surface area contributed by atoms with Gasteiger partial charge >= 0.3 is 4.87 Å². The molecular formula is C30H24N4O7S2. The van der Waals surface area contributed by atoms with Crippen molar-refractivity contribution in [3.63, 3.8) is 0 Å². The minimum absolute atomic E-state index is 0.170. The molecule has 2 aliphatic heterocycles. The quantitative estimate of drug-likeness (QED) is 0.181. The van der Waals surface area contributed by atoms with Gasteiger partial charge in [-0.15, -0.1) is 0 Å². The van der Waals surface area contributed by atoms with Crippen LogP contribution >= 0.6 is 23.1 Å². The number of benzene rings is 3. The molecule has 0 radical (unpaired) electrons. The van der Waals surface area contributed by atoms with Crippen LogP contribution in [-0.2, 0) is 20.9 Å². The summed E-state index contributed by atoms with van der Waals surface area (Å²) in [6.07, 6.45) is 0. The van der Waals surface area contributed by atoms with Crippen LogP contribution in [0.4, 0.5) is 17.1 Å². The third-order valence-corrected chi connectivity index (χ3v) is 10.1. The van der Waals surface area contributed by atoms with Gasteiger partial charge in [0.25, 0.3) is 5.69 Å². The van der Waals surface area contributed by atoms with E-state index in [9.17, 15) is 29.3 Å². The Morgan fingerprint density at radius 2 is 1.70 bits per heavy atom. The van der Waals surface area contributed by atoms with E-state index in [1.807, 2.05) is 19.1 Å². The lowest BCUT2D eigenvalue weighted by molar-refractivity contribution is -0.384. The highest BCUT2D eigenvalue weighted by Crippen LogP contribution is 2.55. The lowest BCUT2D eigenvalue weighted by Crippen LogP contribution is -2.33. The molecule has 2 aliphatic rings. The van der Waals surface area contributed by atoms with Crippen LogP contribution in [0.2, 0.25) is 0 Å². The molecule has 43 heavy (non-hydrogen) atoms. The summed E-state index contributed by atoms with van der Waals surface area (Å²) in [6.45, 7) is 1.65. The predicted molar refractivity (Wildman–Crippen MR) is 162 cm³/mol. The Labute approximate surface area is 253 Å². The van der Waals surface area contributed by atoms with Gasteiger partial charge in [-0.25, -0.2) is 4.90 Å². The van der Waals surface area contributed by atoms with Crippen LogP contribution in [0, 0.1) is 23.0 Å². The monoisotopic (exact) mass is 616 g/mol. The van der Waals surface area contributed by atoms with Crippen molar-refractivity contribution in [2.45, 2.75) is 29.7 Å². The number of nitrogens with one attached hydrogen (secondary N) is 1. The van der Waals surface area contributed by atoms with E-state index >= 15 is 0 Å². The third-order valence-electron chi connectivity index (χ3n) is 7.48. The van der Waals surface area contributed by atoms with Crippen LogP contribution in [-0.4, -0.2) is 39.6 Å². The van der Waals surface area contributed by atoms with Gasteiger partial charge in [-0.1, -0.05) is 59.0 Å². The summed E-state index contributed by atoms with van der Waals surface area (Å²) >= 11 is 2.03. The highest BCUT2D eigenvalue weighted by Gasteiger charge is 2.57. The number of thiazole rings is 1. The molecule has 3 amide bonds. The van der Waals surface area contributed by atoms with E-state index in [0.717, 1.165) is 33.6 Å². The van der Waals surface area contributed by atoms with Crippen molar-refractivity contribution in [2.75, 3.05) is 17.3 Å². The minimum atomic E-state index is -0.912. The molecule has 3 aromatic carbocycles. The fourth-order valence-electron chi connectivity index (χ4n) is 5.47. The Balaban J connectivity index is 1.42. The number of hydrogen-bond donors (Lipinski definition) is 1. The van der Waals surface area contributed by atoms with Crippen molar-refractivity contribution >= 4 is 57.9 Å². The van der Waals surface area contributed by atoms with Crippen molar-refractivity contribution in [1.29, 1.82) is 0 Å². The number of aryl methyl sites for hydroxylation is 1. The first-order valence-electron chi connectivity index (χ1n) is 13.2. The number of aromatic nitrogens is 1. The minimum Gasteiger partial charge on any atom is -0.496 e. The Bertz CT molecular complexity index is 1830. The summed E-state index contributed by atoms with van der Waals surface area (Å²) in [5.74, 6) is -2.51. The number of thioether (sulfide) groups is 1. The average Bonchev–Trinajstić information content (AvgIpc) is 3.44. The molecule has 0 saturated carbocycles. The molecule has 6 rings (SSSR count). The zero-order valence-corrected chi connectivity index (χ0v) is 24.5. The van der Waals surface area contributed by atoms with Crippen molar-refractivity contribution < 1.29 is 24.0 Å². The SMILES string of the molecule is COc1ccccc1[C@H]1c2sc(=O)n(CC(=O)Nc3ccc(C)cc3)c2SC2C(=O)N(c3ccc([N+](=O)[O-])cc3)C(=O)C21. The number of fused-ring (bicyclic) bond motifs is 2. The summed E-state index contributed by atoms with van der Waals surface area (Å²) in [5, 5.41) is 13.5. The third kappa shape index (κ3) is 5.00. The number of nitro benzene ring substituents is 1. The number of amides is 3. The van der Waals surface area contributed by atoms with Gasteiger partial charge in [-0.2, -0.15) is 0 Å². The maximum Gasteiger partial charge on any atom is 0.308 e. The zero-order valence-electron chi connectivity index (χ0n) is 22.9. The Morgan fingerprint density at radius 1 is 1.00 bits per heavy atom. The fraction of sp³-hybridized carbons (Fsp3) is 0.200. The molecule has 1 aromatic heterocycles. The lowest BCUT2D eigenvalue weighted by Gasteiger charge is -2.31. The number of non-ortho nitro benzene ring substituents is 1. The first-order valence-corrected chi connectivity index (χ1v) is 14.9. The van der Waals surface area contributed by atoms with Crippen molar-refractivity contribution in [2.24, 2.45) is 5.92 Å². The van der Waals surface area contributed by atoms with Crippen LogP contribution in [0.25, 0.3) is 0 Å². The molecule has 13 heteroatoms. The van der Waals surface area contributed by atoms with Crippen molar-refractivity contribution in [1.82, 2.24) is 4.57 Å². The molecule has 1 N–H and O–H groups in total. The number of ether oxygens (including phenoxy) is 1. The number of rotatable bonds is 7. The molecular weight excluding hydrogens is 592 g/mol. The molecule has 2 unspecified atom stereocenters. The van der Waals surface area contributed by atoms with Crippen molar-refractivity contribution in [3.05, 3.63) is 109 Å². The average molecular weight is 617 g/mol. The molecule has 3 atom stereocenters. The largest absolute Gasteiger partial charge is 0.496 e. The molecule has 1 fully saturated rings. The van der Waals surface area contributed by atoms with E-state index in [-0.39, 0.29) is 22.8 Å². The number of hydrogen-bond acceptors (Lipinski definition) is 9. The summed E-state index contributed by atoms with van der Waals surface area (Å²) < 4.78 is 6.97. The maximum atomic E-state index is 14.0. The van der Waals surface area contributed by atoms with Crippen LogP contribution in [0.15, 0.2) is 82.6 Å². The second kappa shape index (κ2) is 11.2. The number of carbonyl (C=O) groups is 3. The lowest BCUT2D eigenvalue weighted by atomic mass is 9.82. The Hall–Kier alpha value is -4.75. The predicted octanol–water partition coefficient (Wildman–Crippen LogP) is 4.57. The van der Waals surface area contributed by atoms with Gasteiger partial charge in [-0.05, 0) is 37.3 Å². The van der Waals surface area contributed by atoms with Crippen LogP contribution in [0.1, 0.15) is 21.9 Å². The second-order valence-corrected chi connectivity index (χ2v) is 12.2. The molecule has 4 aromatic rings. The Kier molecular flexibility index (Phi) is 7.36. The Morgan fingerprint density at radius 3 is 2.37 bits per heavy atom. The topological polar surface area (TPSA) is 141 Å². The van der Waals surface area contributed by atoms with E-state index in [4.69, 9.17) is 4.74 Å². The highest BCUT2D eigenvalue weighted by atomic mass is 32.2. The molecule has 0 spiro atoms. The summed E-state index contributed by atoms with van der Waals surface area (Å²) in [7, 11) is 1.50. The summed E-state index contributed by atoms with van der Waals surface area (Å²) in [5.41, 5.74) is 2.30. The molecule has 3 heterocycles.